The Hall–Kier alpha value is -3.83. The molecule has 1 fully saturated rings. The van der Waals surface area contributed by atoms with Gasteiger partial charge in [0.25, 0.3) is 5.56 Å². The number of aromatic nitrogens is 5. The molecule has 1 saturated heterocycles. The van der Waals surface area contributed by atoms with Gasteiger partial charge in [-0.25, -0.2) is 9.07 Å². The second kappa shape index (κ2) is 10.0. The number of hydrogen-bond acceptors (Lipinski definition) is 8. The van der Waals surface area contributed by atoms with Crippen LogP contribution in [0.3, 0.4) is 0 Å². The number of rotatable bonds is 7. The van der Waals surface area contributed by atoms with E-state index in [9.17, 15) is 9.18 Å². The van der Waals surface area contributed by atoms with Crippen LogP contribution in [0, 0.1) is 5.82 Å². The fraction of sp³-hybridized carbons (Fsp3) is 0.360. The molecule has 0 spiro atoms. The summed E-state index contributed by atoms with van der Waals surface area (Å²) in [4.78, 5) is 20.9. The van der Waals surface area contributed by atoms with Gasteiger partial charge >= 0.3 is 0 Å². The average molecular weight is 494 g/mol. The monoisotopic (exact) mass is 493 g/mol. The molecule has 1 N–H and O–H groups in total. The van der Waals surface area contributed by atoms with Gasteiger partial charge in [-0.1, -0.05) is 12.1 Å². The number of hydrogen-bond donors (Lipinski definition) is 1. The molecule has 5 rings (SSSR count). The molecule has 0 radical (unpaired) electrons. The SMILES string of the molecule is COc1cc2cc(C(c3nnnn3Cc3ccc(F)cc3)N3CCN(C)CC3)c(=O)[nH]c2cc1OC. The minimum absolute atomic E-state index is 0.227. The number of tetrazole rings is 1. The Kier molecular flexibility index (Phi) is 6.66. The van der Waals surface area contributed by atoms with Crippen LogP contribution < -0.4 is 15.0 Å². The van der Waals surface area contributed by atoms with Gasteiger partial charge in [0.15, 0.2) is 17.3 Å². The van der Waals surface area contributed by atoms with Gasteiger partial charge in [-0.15, -0.1) is 5.10 Å². The van der Waals surface area contributed by atoms with Gasteiger partial charge in [0.05, 0.1) is 26.3 Å². The van der Waals surface area contributed by atoms with Crippen LogP contribution >= 0.6 is 0 Å². The zero-order chi connectivity index (χ0) is 25.2. The molecule has 36 heavy (non-hydrogen) atoms. The van der Waals surface area contributed by atoms with E-state index < -0.39 is 6.04 Å². The summed E-state index contributed by atoms with van der Waals surface area (Å²) < 4.78 is 26.0. The summed E-state index contributed by atoms with van der Waals surface area (Å²) in [7, 11) is 5.21. The molecule has 188 valence electrons. The van der Waals surface area contributed by atoms with Crippen molar-refractivity contribution in [3.63, 3.8) is 0 Å². The van der Waals surface area contributed by atoms with E-state index in [-0.39, 0.29) is 11.4 Å². The maximum Gasteiger partial charge on any atom is 0.253 e. The summed E-state index contributed by atoms with van der Waals surface area (Å²) >= 11 is 0. The van der Waals surface area contributed by atoms with E-state index in [4.69, 9.17) is 9.47 Å². The Labute approximate surface area is 207 Å². The molecule has 0 saturated carbocycles. The molecule has 4 aromatic rings. The first-order chi connectivity index (χ1) is 17.5. The fourth-order valence-electron chi connectivity index (χ4n) is 4.62. The van der Waals surface area contributed by atoms with Crippen LogP contribution in [-0.2, 0) is 6.54 Å². The number of benzene rings is 2. The number of pyridine rings is 1. The predicted molar refractivity (Wildman–Crippen MR) is 132 cm³/mol. The van der Waals surface area contributed by atoms with Crippen LogP contribution in [0.5, 0.6) is 11.5 Å². The van der Waals surface area contributed by atoms with Crippen LogP contribution in [-0.4, -0.2) is 82.4 Å². The van der Waals surface area contributed by atoms with Gasteiger partial charge in [0.1, 0.15) is 11.9 Å². The molecule has 11 heteroatoms. The van der Waals surface area contributed by atoms with Gasteiger partial charge in [0, 0.05) is 43.2 Å². The number of methoxy groups -OCH3 is 2. The van der Waals surface area contributed by atoms with Crippen LogP contribution in [0.25, 0.3) is 10.9 Å². The number of likely N-dealkylation sites (N-methyl/N-ethyl adjacent to an activating group) is 1. The molecule has 1 aliphatic rings. The highest BCUT2D eigenvalue weighted by atomic mass is 19.1. The lowest BCUT2D eigenvalue weighted by molar-refractivity contribution is 0.121. The Morgan fingerprint density at radius 1 is 1.03 bits per heavy atom. The molecule has 0 bridgehead atoms. The lowest BCUT2D eigenvalue weighted by Crippen LogP contribution is -2.47. The number of H-pyrrole nitrogens is 1. The van der Waals surface area contributed by atoms with Gasteiger partial charge < -0.3 is 19.4 Å². The van der Waals surface area contributed by atoms with Crippen LogP contribution in [0.1, 0.15) is 23.0 Å². The van der Waals surface area contributed by atoms with Crippen molar-refractivity contribution in [1.29, 1.82) is 0 Å². The van der Waals surface area contributed by atoms with E-state index in [1.807, 2.05) is 12.1 Å². The fourth-order valence-corrected chi connectivity index (χ4v) is 4.62. The number of nitrogens with one attached hydrogen (secondary N) is 1. The Bertz CT molecular complexity index is 1410. The number of piperazine rings is 1. The van der Waals surface area contributed by atoms with E-state index in [2.05, 4.69) is 37.4 Å². The van der Waals surface area contributed by atoms with Crippen molar-refractivity contribution < 1.29 is 13.9 Å². The highest BCUT2D eigenvalue weighted by Crippen LogP contribution is 2.33. The molecule has 0 aliphatic carbocycles. The highest BCUT2D eigenvalue weighted by molar-refractivity contribution is 5.83. The highest BCUT2D eigenvalue weighted by Gasteiger charge is 2.32. The maximum atomic E-state index is 13.5. The minimum atomic E-state index is -0.476. The second-order valence-corrected chi connectivity index (χ2v) is 8.91. The smallest absolute Gasteiger partial charge is 0.253 e. The van der Waals surface area contributed by atoms with Gasteiger partial charge in [-0.2, -0.15) is 0 Å². The zero-order valence-corrected chi connectivity index (χ0v) is 20.4. The summed E-state index contributed by atoms with van der Waals surface area (Å²) in [6, 6.07) is 11.2. The minimum Gasteiger partial charge on any atom is -0.493 e. The zero-order valence-electron chi connectivity index (χ0n) is 20.4. The molecule has 1 atom stereocenters. The number of fused-ring (bicyclic) bond motifs is 1. The molecule has 0 amide bonds. The van der Waals surface area contributed by atoms with Crippen LogP contribution in [0.2, 0.25) is 0 Å². The summed E-state index contributed by atoms with van der Waals surface area (Å²) in [5.41, 5.74) is 1.81. The average Bonchev–Trinajstić information content (AvgIpc) is 3.33. The van der Waals surface area contributed by atoms with E-state index in [1.165, 1.54) is 12.1 Å². The summed E-state index contributed by atoms with van der Waals surface area (Å²) in [5.74, 6) is 1.35. The summed E-state index contributed by atoms with van der Waals surface area (Å²) in [6.07, 6.45) is 0. The molecular formula is C25H28FN7O3. The number of ether oxygens (including phenoxy) is 2. The van der Waals surface area contributed by atoms with Crippen LogP contribution in [0.15, 0.2) is 47.3 Å². The predicted octanol–water partition coefficient (Wildman–Crippen LogP) is 2.06. The molecule has 2 aromatic heterocycles. The lowest BCUT2D eigenvalue weighted by atomic mass is 10.0. The third kappa shape index (κ3) is 4.67. The quantitative estimate of drug-likeness (QED) is 0.418. The van der Waals surface area contributed by atoms with Gasteiger partial charge in [-0.05, 0) is 47.3 Å². The number of halogens is 1. The molecular weight excluding hydrogens is 465 g/mol. The van der Waals surface area contributed by atoms with E-state index in [1.54, 1.807) is 37.1 Å². The van der Waals surface area contributed by atoms with Crippen molar-refractivity contribution >= 4 is 10.9 Å². The normalized spacial score (nSPS) is 15.8. The Balaban J connectivity index is 1.61. The first kappa shape index (κ1) is 23.9. The second-order valence-electron chi connectivity index (χ2n) is 8.91. The lowest BCUT2D eigenvalue weighted by Gasteiger charge is -2.37. The topological polar surface area (TPSA) is 101 Å². The van der Waals surface area contributed by atoms with E-state index in [0.29, 0.717) is 34.9 Å². The molecule has 10 nitrogen and oxygen atoms in total. The third-order valence-electron chi connectivity index (χ3n) is 6.62. The standard InChI is InChI=1S/C25H28FN7O3/c1-31-8-10-32(11-9-31)23(24-28-29-30-33(24)15-16-4-6-18(26)7-5-16)19-12-17-13-21(35-2)22(36-3)14-20(17)27-25(19)34/h4-7,12-14,23H,8-11,15H2,1-3H3,(H,27,34). The van der Waals surface area contributed by atoms with Crippen molar-refractivity contribution in [3.8, 4) is 11.5 Å². The molecule has 1 unspecified atom stereocenters. The number of aromatic amines is 1. The number of nitrogens with zero attached hydrogens (tertiary/aromatic N) is 6. The van der Waals surface area contributed by atoms with Crippen molar-refractivity contribution in [2.75, 3.05) is 47.4 Å². The molecule has 2 aromatic carbocycles. The van der Waals surface area contributed by atoms with Crippen molar-refractivity contribution in [3.05, 3.63) is 75.6 Å². The van der Waals surface area contributed by atoms with Gasteiger partial charge in [-0.3, -0.25) is 9.69 Å². The van der Waals surface area contributed by atoms with E-state index in [0.717, 1.165) is 37.1 Å². The largest absolute Gasteiger partial charge is 0.493 e. The third-order valence-corrected chi connectivity index (χ3v) is 6.62. The molecule has 1 aliphatic heterocycles. The van der Waals surface area contributed by atoms with Crippen LogP contribution in [0.4, 0.5) is 4.39 Å². The summed E-state index contributed by atoms with van der Waals surface area (Å²) in [6.45, 7) is 3.55. The Morgan fingerprint density at radius 2 is 1.72 bits per heavy atom. The van der Waals surface area contributed by atoms with Crippen molar-refractivity contribution in [1.82, 2.24) is 35.0 Å². The van der Waals surface area contributed by atoms with Crippen molar-refractivity contribution in [2.24, 2.45) is 0 Å². The first-order valence-corrected chi connectivity index (χ1v) is 11.7. The first-order valence-electron chi connectivity index (χ1n) is 11.7. The summed E-state index contributed by atoms with van der Waals surface area (Å²) in [5, 5.41) is 13.3. The van der Waals surface area contributed by atoms with Crippen molar-refractivity contribution in [2.45, 2.75) is 12.6 Å². The molecule has 3 heterocycles. The van der Waals surface area contributed by atoms with E-state index >= 15 is 0 Å². The Morgan fingerprint density at radius 3 is 2.42 bits per heavy atom. The maximum absolute atomic E-state index is 13.5. The van der Waals surface area contributed by atoms with Gasteiger partial charge in [0.2, 0.25) is 0 Å².